The Hall–Kier alpha value is -2.07. The Kier molecular flexibility index (Phi) is 4.86. The van der Waals surface area contributed by atoms with Crippen molar-refractivity contribution in [1.29, 1.82) is 0 Å². The summed E-state index contributed by atoms with van der Waals surface area (Å²) in [6.07, 6.45) is 7.30. The van der Waals surface area contributed by atoms with Crippen molar-refractivity contribution in [3.63, 3.8) is 0 Å². The van der Waals surface area contributed by atoms with Crippen molar-refractivity contribution in [2.24, 2.45) is 0 Å². The largest absolute Gasteiger partial charge is 0.507 e. The molecule has 1 unspecified atom stereocenters. The average Bonchev–Trinajstić information content (AvgIpc) is 3.46. The molecule has 2 aliphatic rings. The maximum atomic E-state index is 12.7. The number of fused-ring (bicyclic) bond motifs is 1. The first-order valence-electron chi connectivity index (χ1n) is 9.75. The van der Waals surface area contributed by atoms with Crippen LogP contribution in [0.3, 0.4) is 0 Å². The third-order valence-corrected chi connectivity index (χ3v) is 5.83. The highest BCUT2D eigenvalue weighted by atomic mass is 16.4. The second-order valence-electron chi connectivity index (χ2n) is 7.69. The molecular weight excluding hydrogens is 328 g/mol. The zero-order chi connectivity index (χ0) is 18.1. The Bertz CT molecular complexity index is 848. The van der Waals surface area contributed by atoms with Gasteiger partial charge in [0.15, 0.2) is 0 Å². The third-order valence-electron chi connectivity index (χ3n) is 5.83. The van der Waals surface area contributed by atoms with Gasteiger partial charge in [0.05, 0.1) is 12.2 Å². The summed E-state index contributed by atoms with van der Waals surface area (Å²) in [6.45, 7) is -0.0563. The molecule has 2 aliphatic carbocycles. The second kappa shape index (κ2) is 7.28. The third kappa shape index (κ3) is 3.30. The van der Waals surface area contributed by atoms with Crippen molar-refractivity contribution in [3.05, 3.63) is 62.7 Å². The molecule has 1 fully saturated rings. The molecule has 4 nitrogen and oxygen atoms in total. The number of benzene rings is 1. The number of hydrogen-bond acceptors (Lipinski definition) is 4. The van der Waals surface area contributed by atoms with E-state index in [1.807, 2.05) is 18.2 Å². The lowest BCUT2D eigenvalue weighted by Crippen LogP contribution is -2.18. The summed E-state index contributed by atoms with van der Waals surface area (Å²) in [5.74, 6) is 0.969. The predicted octanol–water partition coefficient (Wildman–Crippen LogP) is 4.01. The average molecular weight is 354 g/mol. The fourth-order valence-electron chi connectivity index (χ4n) is 4.20. The molecule has 0 bridgehead atoms. The molecule has 0 spiro atoms. The zero-order valence-electron chi connectivity index (χ0n) is 15.0. The maximum absolute atomic E-state index is 12.7. The minimum absolute atomic E-state index is 0.0563. The second-order valence-corrected chi connectivity index (χ2v) is 7.69. The van der Waals surface area contributed by atoms with Crippen LogP contribution >= 0.6 is 0 Å². The van der Waals surface area contributed by atoms with Gasteiger partial charge in [-0.2, -0.15) is 0 Å². The van der Waals surface area contributed by atoms with Crippen LogP contribution in [0.1, 0.15) is 78.4 Å². The van der Waals surface area contributed by atoms with Crippen LogP contribution in [0, 0.1) is 0 Å². The summed E-state index contributed by atoms with van der Waals surface area (Å²) in [5, 5.41) is 20.6. The van der Waals surface area contributed by atoms with Crippen LogP contribution in [0.15, 0.2) is 33.5 Å². The van der Waals surface area contributed by atoms with Crippen molar-refractivity contribution in [2.45, 2.75) is 63.2 Å². The standard InChI is InChI=1S/C22H26O4/c23-13-16-7-2-1-3-9-18-20(24)19(22(25)26-21(16)18)12-15-6-4-5-8-17(15)14-10-11-14/h4-6,8,14,16,23-24H,1-3,7,9-13H2. The van der Waals surface area contributed by atoms with E-state index in [1.54, 1.807) is 0 Å². The van der Waals surface area contributed by atoms with Crippen molar-refractivity contribution in [1.82, 2.24) is 0 Å². The van der Waals surface area contributed by atoms with Crippen LogP contribution in [-0.4, -0.2) is 16.8 Å². The number of aromatic hydroxyl groups is 1. The first-order valence-corrected chi connectivity index (χ1v) is 9.75. The van der Waals surface area contributed by atoms with Crippen molar-refractivity contribution < 1.29 is 14.6 Å². The van der Waals surface area contributed by atoms with Crippen LogP contribution < -0.4 is 5.63 Å². The van der Waals surface area contributed by atoms with Gasteiger partial charge in [-0.15, -0.1) is 0 Å². The number of hydrogen-bond donors (Lipinski definition) is 2. The molecule has 26 heavy (non-hydrogen) atoms. The summed E-state index contributed by atoms with van der Waals surface area (Å²) in [6, 6.07) is 8.18. The molecule has 1 saturated carbocycles. The molecular formula is C22H26O4. The highest BCUT2D eigenvalue weighted by Crippen LogP contribution is 2.42. The fourth-order valence-corrected chi connectivity index (χ4v) is 4.20. The van der Waals surface area contributed by atoms with Gasteiger partial charge in [-0.3, -0.25) is 0 Å². The minimum Gasteiger partial charge on any atom is -0.507 e. The minimum atomic E-state index is -0.467. The maximum Gasteiger partial charge on any atom is 0.343 e. The van der Waals surface area contributed by atoms with Crippen LogP contribution in [0.25, 0.3) is 0 Å². The highest BCUT2D eigenvalue weighted by Gasteiger charge is 2.29. The van der Waals surface area contributed by atoms with Gasteiger partial charge in [0.1, 0.15) is 11.5 Å². The van der Waals surface area contributed by atoms with E-state index in [-0.39, 0.29) is 18.3 Å². The van der Waals surface area contributed by atoms with E-state index < -0.39 is 5.63 Å². The van der Waals surface area contributed by atoms with E-state index in [1.165, 1.54) is 18.4 Å². The van der Waals surface area contributed by atoms with E-state index in [0.29, 0.717) is 30.1 Å². The molecule has 1 aromatic carbocycles. The Morgan fingerprint density at radius 3 is 2.65 bits per heavy atom. The van der Waals surface area contributed by atoms with Crippen molar-refractivity contribution >= 4 is 0 Å². The molecule has 0 radical (unpaired) electrons. The molecule has 0 amide bonds. The molecule has 2 N–H and O–H groups in total. The molecule has 2 aromatic rings. The predicted molar refractivity (Wildman–Crippen MR) is 99.9 cm³/mol. The summed E-state index contributed by atoms with van der Waals surface area (Å²) in [4.78, 5) is 12.7. The molecule has 1 atom stereocenters. The van der Waals surface area contributed by atoms with Gasteiger partial charge in [0.25, 0.3) is 0 Å². The lowest BCUT2D eigenvalue weighted by atomic mass is 9.88. The van der Waals surface area contributed by atoms with E-state index >= 15 is 0 Å². The Balaban J connectivity index is 1.76. The fraction of sp³-hybridized carbons (Fsp3) is 0.500. The summed E-state index contributed by atoms with van der Waals surface area (Å²) in [7, 11) is 0. The topological polar surface area (TPSA) is 70.7 Å². The molecule has 138 valence electrons. The van der Waals surface area contributed by atoms with E-state index in [9.17, 15) is 15.0 Å². The smallest absolute Gasteiger partial charge is 0.343 e. The van der Waals surface area contributed by atoms with Crippen molar-refractivity contribution in [2.75, 3.05) is 6.61 Å². The van der Waals surface area contributed by atoms with Crippen LogP contribution in [0.2, 0.25) is 0 Å². The summed E-state index contributed by atoms with van der Waals surface area (Å²) >= 11 is 0. The van der Waals surface area contributed by atoms with E-state index in [0.717, 1.165) is 36.8 Å². The zero-order valence-corrected chi connectivity index (χ0v) is 15.0. The Labute approximate surface area is 153 Å². The Morgan fingerprint density at radius 2 is 1.88 bits per heavy atom. The number of aliphatic hydroxyl groups excluding tert-OH is 1. The van der Waals surface area contributed by atoms with Gasteiger partial charge in [0.2, 0.25) is 0 Å². The highest BCUT2D eigenvalue weighted by molar-refractivity contribution is 5.45. The molecule has 1 heterocycles. The van der Waals surface area contributed by atoms with Gasteiger partial charge in [0, 0.05) is 17.9 Å². The Morgan fingerprint density at radius 1 is 1.08 bits per heavy atom. The quantitative estimate of drug-likeness (QED) is 0.870. The van der Waals surface area contributed by atoms with Gasteiger partial charge in [-0.05, 0) is 49.1 Å². The van der Waals surface area contributed by atoms with Crippen LogP contribution in [-0.2, 0) is 12.8 Å². The van der Waals surface area contributed by atoms with E-state index in [2.05, 4.69) is 6.07 Å². The normalized spacial score (nSPS) is 20.3. The molecule has 1 aromatic heterocycles. The molecule has 0 aliphatic heterocycles. The van der Waals surface area contributed by atoms with Crippen molar-refractivity contribution in [3.8, 4) is 5.75 Å². The van der Waals surface area contributed by atoms with Gasteiger partial charge in [-0.1, -0.05) is 37.1 Å². The van der Waals surface area contributed by atoms with E-state index in [4.69, 9.17) is 4.42 Å². The van der Waals surface area contributed by atoms with Crippen LogP contribution in [0.5, 0.6) is 5.75 Å². The first kappa shape index (κ1) is 17.3. The molecule has 4 rings (SSSR count). The lowest BCUT2D eigenvalue weighted by Gasteiger charge is -2.21. The van der Waals surface area contributed by atoms with Gasteiger partial charge < -0.3 is 14.6 Å². The van der Waals surface area contributed by atoms with Gasteiger partial charge >= 0.3 is 5.63 Å². The number of aliphatic hydroxyl groups is 1. The first-order chi connectivity index (χ1) is 12.7. The summed E-state index contributed by atoms with van der Waals surface area (Å²) in [5.41, 5.74) is 3.00. The molecule has 4 heteroatoms. The molecule has 0 saturated heterocycles. The SMILES string of the molecule is O=c1oc2c(c(O)c1Cc1ccccc1C1CC1)CCCCCC2CO. The van der Waals surface area contributed by atoms with Gasteiger partial charge in [-0.25, -0.2) is 4.79 Å². The monoisotopic (exact) mass is 354 g/mol. The lowest BCUT2D eigenvalue weighted by molar-refractivity contribution is 0.229. The number of rotatable bonds is 4. The summed E-state index contributed by atoms with van der Waals surface area (Å²) < 4.78 is 5.66. The van der Waals surface area contributed by atoms with Crippen LogP contribution in [0.4, 0.5) is 0 Å².